The van der Waals surface area contributed by atoms with Gasteiger partial charge in [-0.05, 0) is 40.0 Å². The minimum atomic E-state index is -0.600. The smallest absolute Gasteiger partial charge is 0.407 e. The van der Waals surface area contributed by atoms with Crippen LogP contribution >= 0.6 is 0 Å². The lowest BCUT2D eigenvalue weighted by molar-refractivity contribution is -0.119. The molecule has 0 aromatic rings. The van der Waals surface area contributed by atoms with Crippen molar-refractivity contribution in [1.29, 1.82) is 0 Å². The van der Waals surface area contributed by atoms with Crippen molar-refractivity contribution in [2.24, 2.45) is 11.5 Å². The number of rotatable bonds is 6. The standard InChI is InChI=1S/C11H23N3O3/c1-11(2,3)17-10(16)14-7-5-4-6-8(12)9(13)15/h8H,4-7,12H2,1-3H3,(H2,13,15)(H,14,16)/t8-/m0/s1. The lowest BCUT2D eigenvalue weighted by Crippen LogP contribution is -2.36. The number of primary amides is 1. The molecule has 0 fully saturated rings. The van der Waals surface area contributed by atoms with Gasteiger partial charge in [0.1, 0.15) is 5.60 Å². The zero-order valence-corrected chi connectivity index (χ0v) is 10.8. The number of nitrogens with one attached hydrogen (secondary N) is 1. The summed E-state index contributed by atoms with van der Waals surface area (Å²) in [6, 6.07) is -0.600. The Morgan fingerprint density at radius 3 is 2.35 bits per heavy atom. The number of unbranched alkanes of at least 4 members (excludes halogenated alkanes) is 1. The van der Waals surface area contributed by atoms with E-state index >= 15 is 0 Å². The van der Waals surface area contributed by atoms with Gasteiger partial charge >= 0.3 is 6.09 Å². The molecule has 0 aromatic carbocycles. The quantitative estimate of drug-likeness (QED) is 0.592. The van der Waals surface area contributed by atoms with E-state index < -0.39 is 23.6 Å². The first-order valence-electron chi connectivity index (χ1n) is 5.74. The van der Waals surface area contributed by atoms with Crippen molar-refractivity contribution < 1.29 is 14.3 Å². The van der Waals surface area contributed by atoms with Gasteiger partial charge in [-0.1, -0.05) is 0 Å². The lowest BCUT2D eigenvalue weighted by Gasteiger charge is -2.19. The molecule has 0 radical (unpaired) electrons. The van der Waals surface area contributed by atoms with Crippen LogP contribution < -0.4 is 16.8 Å². The second-order valence-electron chi connectivity index (χ2n) is 4.93. The first-order valence-corrected chi connectivity index (χ1v) is 5.74. The van der Waals surface area contributed by atoms with E-state index in [2.05, 4.69) is 5.32 Å². The summed E-state index contributed by atoms with van der Waals surface area (Å²) in [5.74, 6) is -0.495. The van der Waals surface area contributed by atoms with Gasteiger partial charge in [0.25, 0.3) is 0 Å². The molecule has 0 rings (SSSR count). The van der Waals surface area contributed by atoms with Gasteiger partial charge in [-0.25, -0.2) is 4.79 Å². The molecule has 17 heavy (non-hydrogen) atoms. The van der Waals surface area contributed by atoms with E-state index in [1.165, 1.54) is 0 Å². The Bertz CT molecular complexity index is 261. The van der Waals surface area contributed by atoms with Gasteiger partial charge in [-0.2, -0.15) is 0 Å². The molecule has 6 nitrogen and oxygen atoms in total. The van der Waals surface area contributed by atoms with Gasteiger partial charge < -0.3 is 21.5 Å². The molecule has 0 unspecified atom stereocenters. The van der Waals surface area contributed by atoms with Gasteiger partial charge in [-0.15, -0.1) is 0 Å². The molecular weight excluding hydrogens is 222 g/mol. The summed E-state index contributed by atoms with van der Waals surface area (Å²) in [6.45, 7) is 5.91. The third-order valence-corrected chi connectivity index (χ3v) is 1.98. The van der Waals surface area contributed by atoms with Gasteiger partial charge in [0, 0.05) is 6.54 Å². The van der Waals surface area contributed by atoms with E-state index in [4.69, 9.17) is 16.2 Å². The third kappa shape index (κ3) is 9.62. The van der Waals surface area contributed by atoms with Crippen LogP contribution in [0.25, 0.3) is 0 Å². The first-order chi connectivity index (χ1) is 7.72. The Balaban J connectivity index is 3.52. The monoisotopic (exact) mass is 245 g/mol. The predicted molar refractivity (Wildman–Crippen MR) is 65.3 cm³/mol. The zero-order valence-electron chi connectivity index (χ0n) is 10.8. The fourth-order valence-electron chi connectivity index (χ4n) is 1.14. The summed E-state index contributed by atoms with van der Waals surface area (Å²) in [7, 11) is 0. The SMILES string of the molecule is CC(C)(C)OC(=O)NCCCC[C@H](N)C(N)=O. The van der Waals surface area contributed by atoms with Gasteiger partial charge in [-0.3, -0.25) is 4.79 Å². The highest BCUT2D eigenvalue weighted by Gasteiger charge is 2.15. The van der Waals surface area contributed by atoms with Crippen molar-refractivity contribution in [3.8, 4) is 0 Å². The van der Waals surface area contributed by atoms with Crippen LogP contribution in [0.1, 0.15) is 40.0 Å². The first kappa shape index (κ1) is 15.7. The fourth-order valence-corrected chi connectivity index (χ4v) is 1.14. The average Bonchev–Trinajstić information content (AvgIpc) is 2.13. The molecule has 0 aliphatic carbocycles. The summed E-state index contributed by atoms with van der Waals surface area (Å²) in [6.07, 6.45) is 1.57. The van der Waals surface area contributed by atoms with Crippen LogP contribution in [0.3, 0.4) is 0 Å². The van der Waals surface area contributed by atoms with E-state index in [-0.39, 0.29) is 0 Å². The molecule has 0 aliphatic heterocycles. The Kier molecular flexibility index (Phi) is 6.57. The average molecular weight is 245 g/mol. The minimum absolute atomic E-state index is 0.434. The predicted octanol–water partition coefficient (Wildman–Crippen LogP) is 0.494. The normalized spacial score (nSPS) is 12.9. The van der Waals surface area contributed by atoms with Crippen LogP contribution in [0, 0.1) is 0 Å². The number of hydrogen-bond donors (Lipinski definition) is 3. The highest BCUT2D eigenvalue weighted by atomic mass is 16.6. The van der Waals surface area contributed by atoms with Crippen LogP contribution in [0.15, 0.2) is 0 Å². The Labute approximate surface area is 102 Å². The number of amides is 2. The maximum atomic E-state index is 11.2. The molecular formula is C11H23N3O3. The summed E-state index contributed by atoms with van der Waals surface area (Å²) < 4.78 is 5.05. The highest BCUT2D eigenvalue weighted by molar-refractivity contribution is 5.79. The molecule has 6 heteroatoms. The molecule has 0 spiro atoms. The van der Waals surface area contributed by atoms with Crippen molar-refractivity contribution in [3.05, 3.63) is 0 Å². The molecule has 0 aliphatic rings. The molecule has 0 saturated carbocycles. The molecule has 5 N–H and O–H groups in total. The van der Waals surface area contributed by atoms with E-state index in [1.54, 1.807) is 20.8 Å². The van der Waals surface area contributed by atoms with Crippen LogP contribution in [-0.4, -0.2) is 30.2 Å². The van der Waals surface area contributed by atoms with E-state index in [0.717, 1.165) is 12.8 Å². The van der Waals surface area contributed by atoms with Gasteiger partial charge in [0.15, 0.2) is 0 Å². The maximum absolute atomic E-state index is 11.2. The fraction of sp³-hybridized carbons (Fsp3) is 0.818. The zero-order chi connectivity index (χ0) is 13.5. The van der Waals surface area contributed by atoms with E-state index in [0.29, 0.717) is 13.0 Å². The lowest BCUT2D eigenvalue weighted by atomic mass is 10.1. The Hall–Kier alpha value is -1.30. The van der Waals surface area contributed by atoms with Crippen LogP contribution in [0.2, 0.25) is 0 Å². The minimum Gasteiger partial charge on any atom is -0.444 e. The van der Waals surface area contributed by atoms with Crippen molar-refractivity contribution in [2.75, 3.05) is 6.54 Å². The van der Waals surface area contributed by atoms with E-state index in [9.17, 15) is 9.59 Å². The van der Waals surface area contributed by atoms with Gasteiger partial charge in [0.05, 0.1) is 6.04 Å². The molecule has 0 saturated heterocycles. The van der Waals surface area contributed by atoms with Crippen LogP contribution in [-0.2, 0) is 9.53 Å². The van der Waals surface area contributed by atoms with Crippen molar-refractivity contribution >= 4 is 12.0 Å². The van der Waals surface area contributed by atoms with Crippen molar-refractivity contribution in [3.63, 3.8) is 0 Å². The number of alkyl carbamates (subject to hydrolysis) is 1. The summed E-state index contributed by atoms with van der Waals surface area (Å²) in [5, 5.41) is 2.62. The van der Waals surface area contributed by atoms with Crippen LogP contribution in [0.5, 0.6) is 0 Å². The number of nitrogens with two attached hydrogens (primary N) is 2. The molecule has 100 valence electrons. The number of hydrogen-bond acceptors (Lipinski definition) is 4. The number of carbonyl (C=O) groups is 2. The Morgan fingerprint density at radius 1 is 1.29 bits per heavy atom. The molecule has 0 bridgehead atoms. The highest BCUT2D eigenvalue weighted by Crippen LogP contribution is 2.06. The molecule has 0 heterocycles. The van der Waals surface area contributed by atoms with E-state index in [1.807, 2.05) is 0 Å². The number of ether oxygens (including phenoxy) is 1. The van der Waals surface area contributed by atoms with Crippen molar-refractivity contribution in [2.45, 2.75) is 51.7 Å². The summed E-state index contributed by atoms with van der Waals surface area (Å²) in [5.41, 5.74) is 9.98. The largest absolute Gasteiger partial charge is 0.444 e. The maximum Gasteiger partial charge on any atom is 0.407 e. The second-order valence-corrected chi connectivity index (χ2v) is 4.93. The van der Waals surface area contributed by atoms with Crippen molar-refractivity contribution in [1.82, 2.24) is 5.32 Å². The molecule has 1 atom stereocenters. The van der Waals surface area contributed by atoms with Gasteiger partial charge in [0.2, 0.25) is 5.91 Å². The number of carbonyl (C=O) groups excluding carboxylic acids is 2. The second kappa shape index (κ2) is 7.11. The Morgan fingerprint density at radius 2 is 1.88 bits per heavy atom. The van der Waals surface area contributed by atoms with Crippen LogP contribution in [0.4, 0.5) is 4.79 Å². The summed E-state index contributed by atoms with van der Waals surface area (Å²) >= 11 is 0. The molecule has 2 amide bonds. The summed E-state index contributed by atoms with van der Waals surface area (Å²) in [4.78, 5) is 21.9. The molecule has 0 aromatic heterocycles. The third-order valence-electron chi connectivity index (χ3n) is 1.98. The topological polar surface area (TPSA) is 107 Å².